The molecule has 0 saturated carbocycles. The van der Waals surface area contributed by atoms with Crippen molar-refractivity contribution in [2.45, 2.75) is 13.5 Å². The maximum Gasteiger partial charge on any atom is 0.242 e. The summed E-state index contributed by atoms with van der Waals surface area (Å²) in [6.45, 7) is 5.43. The van der Waals surface area contributed by atoms with Crippen LogP contribution in [-0.2, 0) is 11.3 Å². The second-order valence-corrected chi connectivity index (χ2v) is 9.52. The van der Waals surface area contributed by atoms with Gasteiger partial charge in [0.25, 0.3) is 0 Å². The van der Waals surface area contributed by atoms with Crippen molar-refractivity contribution in [3.63, 3.8) is 0 Å². The number of hydrogen-bond acceptors (Lipinski definition) is 4. The molecule has 0 atom stereocenters. The molecule has 0 aliphatic carbocycles. The molecule has 5 nitrogen and oxygen atoms in total. The van der Waals surface area contributed by atoms with E-state index in [9.17, 15) is 4.79 Å². The largest absolute Gasteiger partial charge is 0.368 e. The van der Waals surface area contributed by atoms with Crippen molar-refractivity contribution in [3.8, 4) is 22.0 Å². The lowest BCUT2D eigenvalue weighted by atomic mass is 10.1. The van der Waals surface area contributed by atoms with E-state index in [1.54, 1.807) is 11.3 Å². The molecular weight excluding hydrogens is 452 g/mol. The topological polar surface area (TPSA) is 41.4 Å². The number of amides is 1. The molecule has 7 heteroatoms. The van der Waals surface area contributed by atoms with Crippen LogP contribution in [0, 0.1) is 6.92 Å². The summed E-state index contributed by atoms with van der Waals surface area (Å²) in [4.78, 5) is 22.2. The Labute approximate surface area is 202 Å². The molecular formula is C26H25ClN4OS. The zero-order valence-electron chi connectivity index (χ0n) is 18.4. The molecule has 2 aromatic carbocycles. The molecule has 4 aromatic rings. The third kappa shape index (κ3) is 4.68. The Morgan fingerprint density at radius 2 is 1.82 bits per heavy atom. The molecule has 1 aliphatic rings. The summed E-state index contributed by atoms with van der Waals surface area (Å²) in [6.07, 6.45) is 1.96. The number of thiazole rings is 1. The summed E-state index contributed by atoms with van der Waals surface area (Å²) in [5.41, 5.74) is 5.39. The van der Waals surface area contributed by atoms with Crippen molar-refractivity contribution in [2.75, 3.05) is 31.1 Å². The zero-order chi connectivity index (χ0) is 22.8. The Morgan fingerprint density at radius 3 is 2.61 bits per heavy atom. The zero-order valence-corrected chi connectivity index (χ0v) is 20.0. The summed E-state index contributed by atoms with van der Waals surface area (Å²) < 4.78 is 2.00. The minimum absolute atomic E-state index is 0.134. The highest BCUT2D eigenvalue weighted by Crippen LogP contribution is 2.29. The van der Waals surface area contributed by atoms with E-state index < -0.39 is 0 Å². The van der Waals surface area contributed by atoms with Crippen LogP contribution in [0.5, 0.6) is 0 Å². The van der Waals surface area contributed by atoms with Gasteiger partial charge in [0.15, 0.2) is 0 Å². The van der Waals surface area contributed by atoms with Crippen molar-refractivity contribution in [1.29, 1.82) is 0 Å². The Bertz CT molecular complexity index is 1260. The van der Waals surface area contributed by atoms with E-state index in [1.165, 1.54) is 5.56 Å². The van der Waals surface area contributed by atoms with E-state index in [-0.39, 0.29) is 5.91 Å². The second kappa shape index (κ2) is 9.41. The van der Waals surface area contributed by atoms with E-state index in [0.29, 0.717) is 19.6 Å². The number of nitrogens with zero attached hydrogens (tertiary/aromatic N) is 4. The first-order valence-electron chi connectivity index (χ1n) is 11.0. The highest BCUT2D eigenvalue weighted by atomic mass is 35.5. The smallest absolute Gasteiger partial charge is 0.242 e. The molecule has 1 saturated heterocycles. The van der Waals surface area contributed by atoms with Gasteiger partial charge in [0, 0.05) is 54.0 Å². The van der Waals surface area contributed by atoms with Gasteiger partial charge in [-0.15, -0.1) is 11.3 Å². The summed E-state index contributed by atoms with van der Waals surface area (Å²) in [7, 11) is 0. The van der Waals surface area contributed by atoms with Gasteiger partial charge in [-0.2, -0.15) is 0 Å². The minimum Gasteiger partial charge on any atom is -0.368 e. The molecule has 1 amide bonds. The van der Waals surface area contributed by atoms with Crippen molar-refractivity contribution >= 4 is 34.5 Å². The van der Waals surface area contributed by atoms with Crippen LogP contribution < -0.4 is 4.90 Å². The predicted octanol–water partition coefficient (Wildman–Crippen LogP) is 5.59. The monoisotopic (exact) mass is 476 g/mol. The van der Waals surface area contributed by atoms with Gasteiger partial charge in [-0.3, -0.25) is 4.79 Å². The second-order valence-electron chi connectivity index (χ2n) is 8.22. The summed E-state index contributed by atoms with van der Waals surface area (Å²) in [6, 6.07) is 20.1. The molecule has 0 N–H and O–H groups in total. The summed E-state index contributed by atoms with van der Waals surface area (Å²) in [5, 5.41) is 3.74. The highest BCUT2D eigenvalue weighted by molar-refractivity contribution is 7.13. The lowest BCUT2D eigenvalue weighted by molar-refractivity contribution is -0.132. The fourth-order valence-corrected chi connectivity index (χ4v) is 5.28. The molecule has 2 aromatic heterocycles. The first kappa shape index (κ1) is 21.7. The van der Waals surface area contributed by atoms with E-state index >= 15 is 0 Å². The van der Waals surface area contributed by atoms with Crippen LogP contribution in [0.15, 0.2) is 72.2 Å². The van der Waals surface area contributed by atoms with Gasteiger partial charge in [-0.05, 0) is 36.8 Å². The average molecular weight is 477 g/mol. The number of carbonyl (C=O) groups is 1. The maximum atomic E-state index is 13.1. The standard InChI is InChI=1S/C26H25ClN4OS/c1-19-9-10-21(27)16-24(19)29-12-14-30(15-13-29)25(32)17-31-11-5-8-23(31)26-28-22(18-33-26)20-6-3-2-4-7-20/h2-11,16,18H,12-15,17H2,1H3. The lowest BCUT2D eigenvalue weighted by Gasteiger charge is -2.37. The van der Waals surface area contributed by atoms with Crippen molar-refractivity contribution in [2.24, 2.45) is 0 Å². The van der Waals surface area contributed by atoms with Gasteiger partial charge in [-0.25, -0.2) is 4.98 Å². The third-order valence-corrected chi connectivity index (χ3v) is 7.17. The number of hydrogen-bond donors (Lipinski definition) is 0. The highest BCUT2D eigenvalue weighted by Gasteiger charge is 2.23. The van der Waals surface area contributed by atoms with E-state index in [4.69, 9.17) is 16.6 Å². The van der Waals surface area contributed by atoms with Gasteiger partial charge in [0.2, 0.25) is 5.91 Å². The minimum atomic E-state index is 0.134. The van der Waals surface area contributed by atoms with Crippen LogP contribution in [0.2, 0.25) is 5.02 Å². The number of halogens is 1. The van der Waals surface area contributed by atoms with Gasteiger partial charge >= 0.3 is 0 Å². The van der Waals surface area contributed by atoms with E-state index in [0.717, 1.165) is 45.8 Å². The number of aromatic nitrogens is 2. The number of carbonyl (C=O) groups excluding carboxylic acids is 1. The fraction of sp³-hybridized carbons (Fsp3) is 0.231. The van der Waals surface area contributed by atoms with E-state index in [2.05, 4.69) is 29.3 Å². The van der Waals surface area contributed by atoms with Gasteiger partial charge < -0.3 is 14.4 Å². The number of rotatable bonds is 5. The van der Waals surface area contributed by atoms with E-state index in [1.807, 2.05) is 64.2 Å². The molecule has 0 bridgehead atoms. The average Bonchev–Trinajstić information content (AvgIpc) is 3.51. The summed E-state index contributed by atoms with van der Waals surface area (Å²) in [5.74, 6) is 0.134. The normalized spacial score (nSPS) is 14.0. The van der Waals surface area contributed by atoms with Crippen LogP contribution in [0.3, 0.4) is 0 Å². The van der Waals surface area contributed by atoms with Gasteiger partial charge in [0.05, 0.1) is 11.4 Å². The van der Waals surface area contributed by atoms with Crippen molar-refractivity contribution in [3.05, 3.63) is 82.8 Å². The first-order valence-corrected chi connectivity index (χ1v) is 12.3. The number of anilines is 1. The Hall–Kier alpha value is -3.09. The number of aryl methyl sites for hydroxylation is 1. The molecule has 1 aliphatic heterocycles. The number of benzene rings is 2. The molecule has 5 rings (SSSR count). The molecule has 1 fully saturated rings. The SMILES string of the molecule is Cc1ccc(Cl)cc1N1CCN(C(=O)Cn2cccc2-c2nc(-c3ccccc3)cs2)CC1. The van der Waals surface area contributed by atoms with Crippen molar-refractivity contribution < 1.29 is 4.79 Å². The Morgan fingerprint density at radius 1 is 1.03 bits per heavy atom. The van der Waals surface area contributed by atoms with Crippen LogP contribution in [0.1, 0.15) is 5.56 Å². The van der Waals surface area contributed by atoms with Crippen LogP contribution in [-0.4, -0.2) is 46.5 Å². The van der Waals surface area contributed by atoms with Crippen molar-refractivity contribution in [1.82, 2.24) is 14.5 Å². The molecule has 168 valence electrons. The van der Waals surface area contributed by atoms with Gasteiger partial charge in [0.1, 0.15) is 11.6 Å². The number of piperazine rings is 1. The lowest BCUT2D eigenvalue weighted by Crippen LogP contribution is -2.49. The molecule has 3 heterocycles. The Kier molecular flexibility index (Phi) is 6.20. The molecule has 0 radical (unpaired) electrons. The van der Waals surface area contributed by atoms with Crippen LogP contribution in [0.4, 0.5) is 5.69 Å². The summed E-state index contributed by atoms with van der Waals surface area (Å²) >= 11 is 7.80. The fourth-order valence-electron chi connectivity index (χ4n) is 4.24. The van der Waals surface area contributed by atoms with Gasteiger partial charge in [-0.1, -0.05) is 48.0 Å². The van der Waals surface area contributed by atoms with Crippen LogP contribution in [0.25, 0.3) is 22.0 Å². The third-order valence-electron chi connectivity index (χ3n) is 6.07. The molecule has 0 spiro atoms. The maximum absolute atomic E-state index is 13.1. The Balaban J connectivity index is 1.25. The molecule has 0 unspecified atom stereocenters. The molecule has 33 heavy (non-hydrogen) atoms. The quantitative estimate of drug-likeness (QED) is 0.377. The predicted molar refractivity (Wildman–Crippen MR) is 136 cm³/mol. The van der Waals surface area contributed by atoms with Crippen LogP contribution >= 0.6 is 22.9 Å². The first-order chi connectivity index (χ1) is 16.1.